The molecule has 0 saturated carbocycles. The molecule has 0 spiro atoms. The van der Waals surface area contributed by atoms with Crippen molar-refractivity contribution in [3.63, 3.8) is 0 Å². The molecular formula is C24H30O11. The number of rotatable bonds is 6. The average molecular weight is 494 g/mol. The summed E-state index contributed by atoms with van der Waals surface area (Å²) in [5.41, 5.74) is -2.69. The summed E-state index contributed by atoms with van der Waals surface area (Å²) in [6.07, 6.45) is -1.92. The Kier molecular flexibility index (Phi) is 7.07. The number of aliphatic hydroxyl groups excluding tert-OH is 1. The number of carboxylic acid groups (broad SMARTS) is 1. The first-order valence-electron chi connectivity index (χ1n) is 11.4. The first-order valence-corrected chi connectivity index (χ1v) is 11.4. The molecule has 0 radical (unpaired) electrons. The molecule has 192 valence electrons. The normalized spacial score (nSPS) is 28.7. The van der Waals surface area contributed by atoms with Gasteiger partial charge in [-0.15, -0.1) is 0 Å². The van der Waals surface area contributed by atoms with Crippen molar-refractivity contribution in [1.82, 2.24) is 0 Å². The summed E-state index contributed by atoms with van der Waals surface area (Å²) in [6.45, 7) is 5.64. The number of aromatic carboxylic acids is 1. The van der Waals surface area contributed by atoms with Crippen LogP contribution in [0.5, 0.6) is 11.5 Å². The van der Waals surface area contributed by atoms with Crippen molar-refractivity contribution < 1.29 is 48.2 Å². The third-order valence-electron chi connectivity index (χ3n) is 6.42. The largest absolute Gasteiger partial charge is 0.506 e. The second-order valence-electron chi connectivity index (χ2n) is 9.23. The van der Waals surface area contributed by atoms with Gasteiger partial charge in [-0.1, -0.05) is 0 Å². The van der Waals surface area contributed by atoms with E-state index < -0.39 is 59.4 Å². The van der Waals surface area contributed by atoms with Crippen LogP contribution >= 0.6 is 0 Å². The number of carbonyl (C=O) groups is 1. The Hall–Kier alpha value is -2.70. The molecule has 5 atom stereocenters. The highest BCUT2D eigenvalue weighted by Crippen LogP contribution is 2.38. The Labute approximate surface area is 201 Å². The lowest BCUT2D eigenvalue weighted by Gasteiger charge is -2.48. The molecule has 35 heavy (non-hydrogen) atoms. The maximum absolute atomic E-state index is 12.2. The van der Waals surface area contributed by atoms with Gasteiger partial charge in [-0.2, -0.15) is 0 Å². The summed E-state index contributed by atoms with van der Waals surface area (Å²) in [6, 6.07) is 2.87. The maximum atomic E-state index is 12.2. The van der Waals surface area contributed by atoms with E-state index in [0.29, 0.717) is 18.6 Å². The zero-order chi connectivity index (χ0) is 25.5. The highest BCUT2D eigenvalue weighted by Gasteiger charge is 2.52. The average Bonchev–Trinajstić information content (AvgIpc) is 2.79. The molecule has 3 heterocycles. The van der Waals surface area contributed by atoms with E-state index in [0.717, 1.165) is 12.8 Å². The number of benzene rings is 1. The van der Waals surface area contributed by atoms with Crippen LogP contribution < -0.4 is 10.4 Å². The zero-order valence-corrected chi connectivity index (χ0v) is 20.0. The Balaban J connectivity index is 1.70. The molecule has 2 aliphatic heterocycles. The van der Waals surface area contributed by atoms with Gasteiger partial charge in [0.2, 0.25) is 6.29 Å². The highest BCUT2D eigenvalue weighted by molar-refractivity contribution is 5.98. The SMILES string of the molecule is CO[C@@H]1[C@@H](O)[C@@H](OC2CCCCO2)[C@H](Oc2ccc3c(O)c(C(=O)O)c(=O)oc3c2C)OC1(C)C. The summed E-state index contributed by atoms with van der Waals surface area (Å²) < 4.78 is 34.7. The molecule has 1 aromatic carbocycles. The first kappa shape index (κ1) is 25.4. The predicted octanol–water partition coefficient (Wildman–Crippen LogP) is 2.31. The lowest BCUT2D eigenvalue weighted by atomic mass is 9.89. The van der Waals surface area contributed by atoms with E-state index in [1.807, 2.05) is 0 Å². The van der Waals surface area contributed by atoms with E-state index in [1.54, 1.807) is 20.8 Å². The van der Waals surface area contributed by atoms with Gasteiger partial charge in [0.1, 0.15) is 29.3 Å². The van der Waals surface area contributed by atoms with E-state index in [2.05, 4.69) is 0 Å². The van der Waals surface area contributed by atoms with Gasteiger partial charge in [-0.25, -0.2) is 9.59 Å². The Morgan fingerprint density at radius 1 is 1.23 bits per heavy atom. The highest BCUT2D eigenvalue weighted by atomic mass is 16.7. The topological polar surface area (TPSA) is 154 Å². The summed E-state index contributed by atoms with van der Waals surface area (Å²) in [5.74, 6) is -2.06. The number of aliphatic hydroxyl groups is 1. The van der Waals surface area contributed by atoms with E-state index in [4.69, 9.17) is 28.1 Å². The standard InChI is InChI=1S/C24H30O11/c1-11-13(9-8-12-16(25)15(21(27)28)22(29)34-18(11)12)32-23-19(33-14-7-5-6-10-31-14)17(26)20(30-4)24(2,3)35-23/h8-9,14,17,19-20,23,25-26H,5-7,10H2,1-4H3,(H,27,28)/t14?,17-,19+,20+,23+/m0/s1. The van der Waals surface area contributed by atoms with E-state index in [9.17, 15) is 24.9 Å². The van der Waals surface area contributed by atoms with Crippen LogP contribution in [0.1, 0.15) is 49.0 Å². The van der Waals surface area contributed by atoms with Gasteiger partial charge in [-0.3, -0.25) is 0 Å². The molecule has 2 saturated heterocycles. The number of ether oxygens (including phenoxy) is 5. The minimum Gasteiger partial charge on any atom is -0.506 e. The molecule has 1 aromatic heterocycles. The van der Waals surface area contributed by atoms with Crippen molar-refractivity contribution in [1.29, 1.82) is 0 Å². The molecule has 2 fully saturated rings. The fraction of sp³-hybridized carbons (Fsp3) is 0.583. The third kappa shape index (κ3) is 4.74. The number of hydrogen-bond acceptors (Lipinski definition) is 10. The number of aryl methyl sites for hydroxylation is 1. The van der Waals surface area contributed by atoms with Gasteiger partial charge in [0.25, 0.3) is 0 Å². The number of hydrogen-bond donors (Lipinski definition) is 3. The van der Waals surface area contributed by atoms with Crippen LogP contribution in [0.3, 0.4) is 0 Å². The fourth-order valence-corrected chi connectivity index (χ4v) is 4.64. The minimum atomic E-state index is -1.60. The molecule has 11 heteroatoms. The lowest BCUT2D eigenvalue weighted by Crippen LogP contribution is -2.65. The van der Waals surface area contributed by atoms with Crippen LogP contribution in [0.4, 0.5) is 0 Å². The summed E-state index contributed by atoms with van der Waals surface area (Å²) in [7, 11) is 1.47. The fourth-order valence-electron chi connectivity index (χ4n) is 4.64. The van der Waals surface area contributed by atoms with Crippen LogP contribution in [0.2, 0.25) is 0 Å². The second kappa shape index (κ2) is 9.75. The Morgan fingerprint density at radius 2 is 1.97 bits per heavy atom. The smallest absolute Gasteiger partial charge is 0.354 e. The van der Waals surface area contributed by atoms with Crippen LogP contribution in [-0.2, 0) is 18.9 Å². The summed E-state index contributed by atoms with van der Waals surface area (Å²) >= 11 is 0. The van der Waals surface area contributed by atoms with Crippen LogP contribution in [0, 0.1) is 6.92 Å². The Bertz CT molecular complexity index is 1150. The van der Waals surface area contributed by atoms with Crippen LogP contribution in [0.25, 0.3) is 11.0 Å². The van der Waals surface area contributed by atoms with Crippen LogP contribution in [0.15, 0.2) is 21.3 Å². The van der Waals surface area contributed by atoms with Crippen molar-refractivity contribution >= 4 is 16.9 Å². The van der Waals surface area contributed by atoms with E-state index >= 15 is 0 Å². The lowest BCUT2D eigenvalue weighted by molar-refractivity contribution is -0.339. The predicted molar refractivity (Wildman–Crippen MR) is 121 cm³/mol. The monoisotopic (exact) mass is 494 g/mol. The molecule has 2 aromatic rings. The van der Waals surface area contributed by atoms with Crippen molar-refractivity contribution in [2.24, 2.45) is 0 Å². The Morgan fingerprint density at radius 3 is 2.60 bits per heavy atom. The molecule has 0 bridgehead atoms. The molecule has 4 rings (SSSR count). The molecule has 0 aliphatic carbocycles. The van der Waals surface area contributed by atoms with Crippen molar-refractivity contribution in [3.8, 4) is 11.5 Å². The first-order chi connectivity index (χ1) is 16.5. The molecule has 0 amide bonds. The van der Waals surface area contributed by atoms with Crippen molar-refractivity contribution in [2.75, 3.05) is 13.7 Å². The van der Waals surface area contributed by atoms with E-state index in [1.165, 1.54) is 19.2 Å². The number of fused-ring (bicyclic) bond motifs is 1. The number of methoxy groups -OCH3 is 1. The van der Waals surface area contributed by atoms with Gasteiger partial charge in [0.05, 0.1) is 11.0 Å². The van der Waals surface area contributed by atoms with E-state index in [-0.39, 0.29) is 16.7 Å². The molecule has 11 nitrogen and oxygen atoms in total. The zero-order valence-electron chi connectivity index (χ0n) is 20.0. The number of carboxylic acids is 1. The van der Waals surface area contributed by atoms with Gasteiger partial charge in [0.15, 0.2) is 18.0 Å². The second-order valence-corrected chi connectivity index (χ2v) is 9.23. The van der Waals surface area contributed by atoms with Gasteiger partial charge in [0, 0.05) is 19.3 Å². The molecule has 3 N–H and O–H groups in total. The third-order valence-corrected chi connectivity index (χ3v) is 6.42. The van der Waals surface area contributed by atoms with Crippen LogP contribution in [-0.4, -0.2) is 71.5 Å². The van der Waals surface area contributed by atoms with Crippen molar-refractivity contribution in [2.45, 2.75) is 76.5 Å². The molecule has 1 unspecified atom stereocenters. The van der Waals surface area contributed by atoms with Gasteiger partial charge >= 0.3 is 11.6 Å². The number of aromatic hydroxyl groups is 1. The van der Waals surface area contributed by atoms with Crippen molar-refractivity contribution in [3.05, 3.63) is 33.7 Å². The maximum Gasteiger partial charge on any atom is 0.354 e. The molecule has 2 aliphatic rings. The summed E-state index contributed by atoms with van der Waals surface area (Å²) in [5, 5.41) is 30.7. The quantitative estimate of drug-likeness (QED) is 0.507. The van der Waals surface area contributed by atoms with Gasteiger partial charge in [-0.05, 0) is 52.2 Å². The van der Waals surface area contributed by atoms with Gasteiger partial charge < -0.3 is 43.4 Å². The minimum absolute atomic E-state index is 0.0338. The summed E-state index contributed by atoms with van der Waals surface area (Å²) in [4.78, 5) is 23.5. The molecular weight excluding hydrogens is 464 g/mol.